The Balaban J connectivity index is 2.20. The predicted octanol–water partition coefficient (Wildman–Crippen LogP) is 3.52. The Morgan fingerprint density at radius 2 is 2.04 bits per heavy atom. The molecule has 1 aromatic carbocycles. The van der Waals surface area contributed by atoms with Gasteiger partial charge in [0, 0.05) is 11.0 Å². The second kappa shape index (κ2) is 5.91. The zero-order valence-corrected chi connectivity index (χ0v) is 15.1. The Morgan fingerprint density at radius 1 is 1.30 bits per heavy atom. The number of fused-ring (bicyclic) bond motifs is 1. The molecule has 0 atom stereocenters. The van der Waals surface area contributed by atoms with E-state index in [2.05, 4.69) is 34.8 Å². The molecule has 0 bridgehead atoms. The Kier molecular flexibility index (Phi) is 4.23. The molecule has 0 aliphatic heterocycles. The molecule has 3 rings (SSSR count). The molecule has 0 radical (unpaired) electrons. The topological polar surface area (TPSA) is 88.5 Å². The van der Waals surface area contributed by atoms with Gasteiger partial charge < -0.3 is 18.8 Å². The first-order valence-corrected chi connectivity index (χ1v) is 9.48. The lowest BCUT2D eigenvalue weighted by Crippen LogP contribution is -2.06. The van der Waals surface area contributed by atoms with Crippen molar-refractivity contribution in [2.75, 3.05) is 0 Å². The molecule has 0 fully saturated rings. The Bertz CT molecular complexity index is 909. The maximum Gasteiger partial charge on any atom is 0.391 e. The van der Waals surface area contributed by atoms with Crippen LogP contribution in [0.4, 0.5) is 0 Å². The number of nitrogens with zero attached hydrogens (tertiary/aromatic N) is 2. The molecule has 0 unspecified atom stereocenters. The SMILES string of the molecule is CC(C)Cn1c(-c2ccc(P(=O)(O)O)o2)nc2ccc(Br)cc21. The molecule has 122 valence electrons. The van der Waals surface area contributed by atoms with Crippen molar-refractivity contribution in [1.82, 2.24) is 9.55 Å². The normalized spacial score (nSPS) is 12.4. The molecule has 0 amide bonds. The van der Waals surface area contributed by atoms with Crippen molar-refractivity contribution >= 4 is 40.1 Å². The zero-order valence-electron chi connectivity index (χ0n) is 12.6. The monoisotopic (exact) mass is 398 g/mol. The van der Waals surface area contributed by atoms with E-state index in [4.69, 9.17) is 4.42 Å². The van der Waals surface area contributed by atoms with Crippen LogP contribution in [-0.4, -0.2) is 19.3 Å². The zero-order chi connectivity index (χ0) is 16.8. The Hall–Kier alpha value is -1.40. The van der Waals surface area contributed by atoms with E-state index in [1.54, 1.807) is 6.07 Å². The van der Waals surface area contributed by atoms with E-state index in [0.29, 0.717) is 24.0 Å². The molecule has 23 heavy (non-hydrogen) atoms. The standard InChI is InChI=1S/C15H16BrN2O4P/c1-9(2)8-18-12-7-10(16)3-4-11(12)17-15(18)13-5-6-14(22-13)23(19,20)21/h3-7,9H,8H2,1-2H3,(H2,19,20,21). The highest BCUT2D eigenvalue weighted by atomic mass is 79.9. The van der Waals surface area contributed by atoms with E-state index in [1.165, 1.54) is 6.07 Å². The molecular formula is C15H16BrN2O4P. The lowest BCUT2D eigenvalue weighted by atomic mass is 10.2. The number of hydrogen-bond acceptors (Lipinski definition) is 3. The van der Waals surface area contributed by atoms with Gasteiger partial charge in [-0.25, -0.2) is 4.98 Å². The van der Waals surface area contributed by atoms with Crippen LogP contribution in [0.5, 0.6) is 0 Å². The molecule has 2 N–H and O–H groups in total. The van der Waals surface area contributed by atoms with Gasteiger partial charge in [0.15, 0.2) is 11.6 Å². The molecular weight excluding hydrogens is 383 g/mol. The fourth-order valence-corrected chi connectivity index (χ4v) is 3.27. The van der Waals surface area contributed by atoms with Gasteiger partial charge in [0.2, 0.25) is 5.50 Å². The second-order valence-corrected chi connectivity index (χ2v) is 8.20. The van der Waals surface area contributed by atoms with Crippen LogP contribution in [0.2, 0.25) is 0 Å². The summed E-state index contributed by atoms with van der Waals surface area (Å²) < 4.78 is 19.6. The molecule has 3 aromatic rings. The van der Waals surface area contributed by atoms with Crippen LogP contribution in [-0.2, 0) is 11.1 Å². The minimum Gasteiger partial charge on any atom is -0.445 e. The van der Waals surface area contributed by atoms with E-state index >= 15 is 0 Å². The van der Waals surface area contributed by atoms with Gasteiger partial charge in [-0.1, -0.05) is 29.8 Å². The van der Waals surface area contributed by atoms with Gasteiger partial charge in [0.05, 0.1) is 11.0 Å². The van der Waals surface area contributed by atoms with Crippen molar-refractivity contribution in [2.24, 2.45) is 5.92 Å². The number of benzene rings is 1. The largest absolute Gasteiger partial charge is 0.445 e. The molecule has 0 aliphatic carbocycles. The smallest absolute Gasteiger partial charge is 0.391 e. The van der Waals surface area contributed by atoms with Crippen molar-refractivity contribution in [3.8, 4) is 11.6 Å². The molecule has 2 aromatic heterocycles. The Labute approximate surface area is 141 Å². The van der Waals surface area contributed by atoms with Gasteiger partial charge in [-0.2, -0.15) is 0 Å². The minimum absolute atomic E-state index is 0.344. The predicted molar refractivity (Wildman–Crippen MR) is 91.7 cm³/mol. The Morgan fingerprint density at radius 3 is 2.65 bits per heavy atom. The summed E-state index contributed by atoms with van der Waals surface area (Å²) in [5.74, 6) is 1.28. The summed E-state index contributed by atoms with van der Waals surface area (Å²) in [5.41, 5.74) is 1.40. The number of furan rings is 1. The first-order valence-electron chi connectivity index (χ1n) is 7.08. The van der Waals surface area contributed by atoms with Crippen molar-refractivity contribution in [2.45, 2.75) is 20.4 Å². The summed E-state index contributed by atoms with van der Waals surface area (Å²) in [6.45, 7) is 4.90. The summed E-state index contributed by atoms with van der Waals surface area (Å²) in [6.07, 6.45) is 0. The van der Waals surface area contributed by atoms with Crippen molar-refractivity contribution < 1.29 is 18.8 Å². The third kappa shape index (κ3) is 3.28. The maximum atomic E-state index is 11.3. The lowest BCUT2D eigenvalue weighted by Gasteiger charge is -2.10. The first kappa shape index (κ1) is 16.5. The van der Waals surface area contributed by atoms with Gasteiger partial charge >= 0.3 is 7.60 Å². The van der Waals surface area contributed by atoms with Crippen LogP contribution in [0.3, 0.4) is 0 Å². The summed E-state index contributed by atoms with van der Waals surface area (Å²) in [6, 6.07) is 8.61. The van der Waals surface area contributed by atoms with Gasteiger partial charge in [-0.15, -0.1) is 0 Å². The summed E-state index contributed by atoms with van der Waals surface area (Å²) in [4.78, 5) is 23.0. The average molecular weight is 399 g/mol. The summed E-state index contributed by atoms with van der Waals surface area (Å²) in [5, 5.41) is 0. The van der Waals surface area contributed by atoms with Crippen LogP contribution in [0.15, 0.2) is 39.2 Å². The van der Waals surface area contributed by atoms with Gasteiger partial charge in [0.25, 0.3) is 0 Å². The quantitative estimate of drug-likeness (QED) is 0.656. The van der Waals surface area contributed by atoms with Crippen LogP contribution >= 0.6 is 23.5 Å². The van der Waals surface area contributed by atoms with Crippen LogP contribution in [0, 0.1) is 5.92 Å². The summed E-state index contributed by atoms with van der Waals surface area (Å²) in [7, 11) is -4.41. The van der Waals surface area contributed by atoms with Crippen LogP contribution in [0.25, 0.3) is 22.6 Å². The number of halogens is 1. The van der Waals surface area contributed by atoms with E-state index in [0.717, 1.165) is 15.5 Å². The van der Waals surface area contributed by atoms with Crippen molar-refractivity contribution in [3.63, 3.8) is 0 Å². The lowest BCUT2D eigenvalue weighted by molar-refractivity contribution is 0.377. The number of aromatic nitrogens is 2. The van der Waals surface area contributed by atoms with Gasteiger partial charge in [-0.05, 0) is 36.2 Å². The molecule has 8 heteroatoms. The molecule has 0 saturated heterocycles. The van der Waals surface area contributed by atoms with Gasteiger partial charge in [-0.3, -0.25) is 4.57 Å². The third-order valence-electron chi connectivity index (χ3n) is 3.36. The minimum atomic E-state index is -4.41. The molecule has 0 aliphatic rings. The number of hydrogen-bond donors (Lipinski definition) is 2. The maximum absolute atomic E-state index is 11.3. The fourth-order valence-electron chi connectivity index (χ4n) is 2.44. The highest BCUT2D eigenvalue weighted by Gasteiger charge is 2.24. The van der Waals surface area contributed by atoms with Crippen molar-refractivity contribution in [3.05, 3.63) is 34.8 Å². The highest BCUT2D eigenvalue weighted by Crippen LogP contribution is 2.36. The molecule has 2 heterocycles. The van der Waals surface area contributed by atoms with Crippen LogP contribution < -0.4 is 5.50 Å². The molecule has 0 saturated carbocycles. The van der Waals surface area contributed by atoms with Gasteiger partial charge in [0.1, 0.15) is 0 Å². The first-order chi connectivity index (χ1) is 10.8. The number of imidazole rings is 1. The van der Waals surface area contributed by atoms with Crippen molar-refractivity contribution in [1.29, 1.82) is 0 Å². The third-order valence-corrected chi connectivity index (χ3v) is 4.67. The molecule has 6 nitrogen and oxygen atoms in total. The van der Waals surface area contributed by atoms with E-state index in [1.807, 2.05) is 22.8 Å². The second-order valence-electron chi connectivity index (χ2n) is 5.75. The highest BCUT2D eigenvalue weighted by molar-refractivity contribution is 9.10. The van der Waals surface area contributed by atoms with E-state index in [-0.39, 0.29) is 5.50 Å². The van der Waals surface area contributed by atoms with E-state index < -0.39 is 7.60 Å². The average Bonchev–Trinajstić information content (AvgIpc) is 3.03. The van der Waals surface area contributed by atoms with E-state index in [9.17, 15) is 14.4 Å². The number of rotatable bonds is 4. The van der Waals surface area contributed by atoms with Crippen LogP contribution in [0.1, 0.15) is 13.8 Å². The summed E-state index contributed by atoms with van der Waals surface area (Å²) >= 11 is 3.46. The molecule has 0 spiro atoms. The fraction of sp³-hybridized carbons (Fsp3) is 0.267.